The minimum Gasteiger partial charge on any atom is -0.501 e. The van der Waals surface area contributed by atoms with E-state index < -0.39 is 0 Å². The molecule has 0 aliphatic rings. The molecule has 0 heterocycles. The van der Waals surface area contributed by atoms with Crippen LogP contribution in [-0.2, 0) is 4.74 Å². The van der Waals surface area contributed by atoms with Crippen molar-refractivity contribution in [2.75, 3.05) is 13.2 Å². The predicted molar refractivity (Wildman–Crippen MR) is 48.1 cm³/mol. The zero-order chi connectivity index (χ0) is 8.74. The fourth-order valence-corrected chi connectivity index (χ4v) is 0.536. The molecule has 0 saturated carbocycles. The van der Waals surface area contributed by atoms with Crippen molar-refractivity contribution in [3.05, 3.63) is 25.0 Å². The van der Waals surface area contributed by atoms with E-state index in [1.54, 1.807) is 6.26 Å². The molecule has 2 heteroatoms. The average molecular weight is 155 g/mol. The Kier molecular flexibility index (Phi) is 4.62. The predicted octanol–water partition coefficient (Wildman–Crippen LogP) is 1.69. The van der Waals surface area contributed by atoms with Gasteiger partial charge >= 0.3 is 0 Å². The van der Waals surface area contributed by atoms with Crippen LogP contribution < -0.4 is 5.73 Å². The standard InChI is InChI=1S/C9H17NO/c1-4-6-11-8-9(3,5-2)7-10/h4-6H,2,7-8,10H2,1,3H3/b6-4-. The normalized spacial score (nSPS) is 16.3. The summed E-state index contributed by atoms with van der Waals surface area (Å²) < 4.78 is 5.20. The van der Waals surface area contributed by atoms with E-state index in [1.165, 1.54) is 0 Å². The maximum Gasteiger partial charge on any atom is 0.0973 e. The molecule has 2 nitrogen and oxygen atoms in total. The van der Waals surface area contributed by atoms with Gasteiger partial charge in [0.1, 0.15) is 0 Å². The van der Waals surface area contributed by atoms with Crippen molar-refractivity contribution in [3.63, 3.8) is 0 Å². The molecular formula is C9H17NO. The molecule has 11 heavy (non-hydrogen) atoms. The van der Waals surface area contributed by atoms with Gasteiger partial charge in [0, 0.05) is 12.0 Å². The van der Waals surface area contributed by atoms with Crippen LogP contribution in [0.25, 0.3) is 0 Å². The van der Waals surface area contributed by atoms with Gasteiger partial charge in [-0.15, -0.1) is 6.58 Å². The third kappa shape index (κ3) is 3.83. The maximum atomic E-state index is 5.52. The molecule has 0 radical (unpaired) electrons. The van der Waals surface area contributed by atoms with Crippen LogP contribution in [-0.4, -0.2) is 13.2 Å². The van der Waals surface area contributed by atoms with E-state index in [1.807, 2.05) is 26.0 Å². The molecule has 0 aromatic heterocycles. The van der Waals surface area contributed by atoms with Gasteiger partial charge in [-0.2, -0.15) is 0 Å². The molecule has 0 saturated heterocycles. The number of hydrogen-bond acceptors (Lipinski definition) is 2. The largest absolute Gasteiger partial charge is 0.501 e. The number of nitrogens with two attached hydrogens (primary N) is 1. The summed E-state index contributed by atoms with van der Waals surface area (Å²) >= 11 is 0. The summed E-state index contributed by atoms with van der Waals surface area (Å²) in [5, 5.41) is 0. The van der Waals surface area contributed by atoms with Gasteiger partial charge in [0.05, 0.1) is 12.9 Å². The zero-order valence-corrected chi connectivity index (χ0v) is 7.34. The highest BCUT2D eigenvalue weighted by Crippen LogP contribution is 2.15. The lowest BCUT2D eigenvalue weighted by atomic mass is 9.92. The van der Waals surface area contributed by atoms with E-state index in [0.29, 0.717) is 13.2 Å². The third-order valence-electron chi connectivity index (χ3n) is 1.60. The SMILES string of the molecule is C=CC(C)(CN)CO/C=C\C. The van der Waals surface area contributed by atoms with Crippen LogP contribution in [0.5, 0.6) is 0 Å². The van der Waals surface area contributed by atoms with E-state index in [4.69, 9.17) is 10.5 Å². The quantitative estimate of drug-likeness (QED) is 0.484. The summed E-state index contributed by atoms with van der Waals surface area (Å²) in [5.41, 5.74) is 5.43. The van der Waals surface area contributed by atoms with Crippen molar-refractivity contribution in [2.45, 2.75) is 13.8 Å². The smallest absolute Gasteiger partial charge is 0.0973 e. The average Bonchev–Trinajstić information content (AvgIpc) is 2.05. The molecule has 1 unspecified atom stereocenters. The van der Waals surface area contributed by atoms with Crippen molar-refractivity contribution < 1.29 is 4.74 Å². The van der Waals surface area contributed by atoms with Crippen LogP contribution in [0.3, 0.4) is 0 Å². The minimum absolute atomic E-state index is 0.0977. The summed E-state index contributed by atoms with van der Waals surface area (Å²) in [6.07, 6.45) is 5.34. The second kappa shape index (κ2) is 4.97. The molecule has 0 bridgehead atoms. The van der Waals surface area contributed by atoms with Gasteiger partial charge in [-0.1, -0.05) is 19.1 Å². The van der Waals surface area contributed by atoms with Crippen LogP contribution in [0.15, 0.2) is 25.0 Å². The topological polar surface area (TPSA) is 35.2 Å². The zero-order valence-electron chi connectivity index (χ0n) is 7.34. The fraction of sp³-hybridized carbons (Fsp3) is 0.556. The first-order valence-corrected chi connectivity index (χ1v) is 3.75. The van der Waals surface area contributed by atoms with Crippen LogP contribution >= 0.6 is 0 Å². The molecule has 0 aromatic carbocycles. The number of ether oxygens (including phenoxy) is 1. The van der Waals surface area contributed by atoms with Gasteiger partial charge in [-0.25, -0.2) is 0 Å². The highest BCUT2D eigenvalue weighted by molar-refractivity contribution is 4.92. The summed E-state index contributed by atoms with van der Waals surface area (Å²) in [5.74, 6) is 0. The highest BCUT2D eigenvalue weighted by atomic mass is 16.5. The number of allylic oxidation sites excluding steroid dienone is 1. The van der Waals surface area contributed by atoms with Gasteiger partial charge in [-0.05, 0) is 6.92 Å². The van der Waals surface area contributed by atoms with Gasteiger partial charge in [0.15, 0.2) is 0 Å². The lowest BCUT2D eigenvalue weighted by Gasteiger charge is -2.22. The van der Waals surface area contributed by atoms with Crippen molar-refractivity contribution in [1.82, 2.24) is 0 Å². The monoisotopic (exact) mass is 155 g/mol. The Bertz CT molecular complexity index is 142. The van der Waals surface area contributed by atoms with Gasteiger partial charge < -0.3 is 10.5 Å². The molecule has 0 amide bonds. The maximum absolute atomic E-state index is 5.52. The second-order valence-corrected chi connectivity index (χ2v) is 2.84. The van der Waals surface area contributed by atoms with E-state index in [-0.39, 0.29) is 5.41 Å². The molecule has 0 aromatic rings. The van der Waals surface area contributed by atoms with Crippen LogP contribution in [0.2, 0.25) is 0 Å². The molecule has 64 valence electrons. The molecular weight excluding hydrogens is 138 g/mol. The second-order valence-electron chi connectivity index (χ2n) is 2.84. The molecule has 1 atom stereocenters. The van der Waals surface area contributed by atoms with E-state index in [9.17, 15) is 0 Å². The first kappa shape index (κ1) is 10.2. The van der Waals surface area contributed by atoms with E-state index >= 15 is 0 Å². The molecule has 0 aliphatic carbocycles. The summed E-state index contributed by atoms with van der Waals surface area (Å²) in [4.78, 5) is 0. The Morgan fingerprint density at radius 2 is 2.27 bits per heavy atom. The molecule has 0 fully saturated rings. The van der Waals surface area contributed by atoms with E-state index in [2.05, 4.69) is 6.58 Å². The van der Waals surface area contributed by atoms with Crippen LogP contribution in [0.4, 0.5) is 0 Å². The van der Waals surface area contributed by atoms with Crippen LogP contribution in [0, 0.1) is 5.41 Å². The van der Waals surface area contributed by atoms with Crippen LogP contribution in [0.1, 0.15) is 13.8 Å². The Hall–Kier alpha value is -0.760. The van der Waals surface area contributed by atoms with Crippen molar-refractivity contribution in [3.8, 4) is 0 Å². The number of hydrogen-bond donors (Lipinski definition) is 1. The summed E-state index contributed by atoms with van der Waals surface area (Å²) in [6.45, 7) is 8.78. The summed E-state index contributed by atoms with van der Waals surface area (Å²) in [6, 6.07) is 0. The highest BCUT2D eigenvalue weighted by Gasteiger charge is 2.17. The first-order chi connectivity index (χ1) is 5.18. The molecule has 0 rings (SSSR count). The summed E-state index contributed by atoms with van der Waals surface area (Å²) in [7, 11) is 0. The first-order valence-electron chi connectivity index (χ1n) is 3.75. The number of rotatable bonds is 5. The minimum atomic E-state index is -0.0977. The van der Waals surface area contributed by atoms with Crippen molar-refractivity contribution in [1.29, 1.82) is 0 Å². The Morgan fingerprint density at radius 3 is 2.64 bits per heavy atom. The van der Waals surface area contributed by atoms with Gasteiger partial charge in [0.2, 0.25) is 0 Å². The molecule has 0 spiro atoms. The molecule has 0 aliphatic heterocycles. The Labute approximate surface area is 68.7 Å². The van der Waals surface area contributed by atoms with Gasteiger partial charge in [-0.3, -0.25) is 0 Å². The lowest BCUT2D eigenvalue weighted by Crippen LogP contribution is -2.29. The molecule has 2 N–H and O–H groups in total. The van der Waals surface area contributed by atoms with Crippen molar-refractivity contribution >= 4 is 0 Å². The van der Waals surface area contributed by atoms with Crippen molar-refractivity contribution in [2.24, 2.45) is 11.1 Å². The van der Waals surface area contributed by atoms with Gasteiger partial charge in [0.25, 0.3) is 0 Å². The lowest BCUT2D eigenvalue weighted by molar-refractivity contribution is 0.163. The van der Waals surface area contributed by atoms with E-state index in [0.717, 1.165) is 0 Å². The fourth-order valence-electron chi connectivity index (χ4n) is 0.536. The Morgan fingerprint density at radius 1 is 1.64 bits per heavy atom. The third-order valence-corrected chi connectivity index (χ3v) is 1.60. The Balaban J connectivity index is 3.77.